The zero-order valence-electron chi connectivity index (χ0n) is 19.6. The van der Waals surface area contributed by atoms with Crippen molar-refractivity contribution >= 4 is 16.4 Å². The van der Waals surface area contributed by atoms with Crippen LogP contribution in [0.4, 0.5) is 0 Å². The molecule has 0 aromatic rings. The van der Waals surface area contributed by atoms with Crippen LogP contribution in [0.5, 0.6) is 0 Å². The van der Waals surface area contributed by atoms with Crippen LogP contribution in [-0.4, -0.2) is 58.1 Å². The summed E-state index contributed by atoms with van der Waals surface area (Å²) in [5.41, 5.74) is 2.33. The van der Waals surface area contributed by atoms with Crippen LogP contribution in [-0.2, 0) is 13.9 Å². The lowest BCUT2D eigenvalue weighted by Crippen LogP contribution is -2.45. The average molecular weight is 429 g/mol. The van der Waals surface area contributed by atoms with Gasteiger partial charge in [-0.15, -0.1) is 0 Å². The van der Waals surface area contributed by atoms with Crippen molar-refractivity contribution in [1.29, 1.82) is 0 Å². The fraction of sp³-hybridized carbons (Fsp3) is 0.909. The fourth-order valence-electron chi connectivity index (χ4n) is 3.79. The normalized spacial score (nSPS) is 35.2. The molecule has 2 fully saturated rings. The van der Waals surface area contributed by atoms with Gasteiger partial charge < -0.3 is 19.0 Å². The second-order valence-electron chi connectivity index (χ2n) is 11.3. The lowest BCUT2D eigenvalue weighted by atomic mass is 10.0. The summed E-state index contributed by atoms with van der Waals surface area (Å²) in [6.07, 6.45) is 5.25. The molecule has 6 atom stereocenters. The molecule has 0 unspecified atom stereocenters. The third-order valence-corrected chi connectivity index (χ3v) is 12.3. The van der Waals surface area contributed by atoms with Crippen molar-refractivity contribution < 1.29 is 19.0 Å². The van der Waals surface area contributed by atoms with Crippen molar-refractivity contribution in [3.8, 4) is 0 Å². The summed E-state index contributed by atoms with van der Waals surface area (Å²) in [7, 11) is -3.05. The van der Waals surface area contributed by atoms with Crippen LogP contribution in [0, 0.1) is 0 Å². The molecule has 2 aliphatic rings. The summed E-state index contributed by atoms with van der Waals surface area (Å²) >= 11 is 0. The molecule has 0 bridgehead atoms. The largest absolute Gasteiger partial charge is 0.411 e. The summed E-state index contributed by atoms with van der Waals surface area (Å²) in [6.45, 7) is 20.6. The van der Waals surface area contributed by atoms with Crippen molar-refractivity contribution in [3.63, 3.8) is 0 Å². The number of ether oxygens (including phenoxy) is 2. The second kappa shape index (κ2) is 9.02. The van der Waals surface area contributed by atoms with Gasteiger partial charge >= 0.3 is 0 Å². The first-order valence-corrected chi connectivity index (χ1v) is 17.6. The van der Waals surface area contributed by atoms with Crippen LogP contribution < -0.4 is 0 Å². The van der Waals surface area contributed by atoms with Crippen LogP contribution in [0.3, 0.4) is 0 Å². The summed E-state index contributed by atoms with van der Waals surface area (Å²) in [5, 5.41) is 10.7. The third-order valence-electron chi connectivity index (χ3n) is 6.54. The first-order valence-electron chi connectivity index (χ1n) is 11.1. The summed E-state index contributed by atoms with van der Waals surface area (Å²) in [6, 6.07) is 0. The van der Waals surface area contributed by atoms with E-state index in [1.807, 2.05) is 0 Å². The predicted octanol–water partition coefficient (Wildman–Crippen LogP) is 5.29. The molecule has 0 aromatic heterocycles. The van der Waals surface area contributed by atoms with Crippen LogP contribution in [0.1, 0.15) is 53.4 Å². The van der Waals surface area contributed by atoms with E-state index in [9.17, 15) is 5.11 Å². The predicted molar refractivity (Wildman–Crippen MR) is 122 cm³/mol. The third kappa shape index (κ3) is 6.25. The number of aliphatic hydroxyl groups excluding tert-OH is 1. The Labute approximate surface area is 175 Å². The van der Waals surface area contributed by atoms with Gasteiger partial charge in [-0.25, -0.2) is 0 Å². The fourth-order valence-corrected chi connectivity index (χ4v) is 6.00. The van der Waals surface area contributed by atoms with Crippen molar-refractivity contribution in [2.24, 2.45) is 0 Å². The molecule has 4 nitrogen and oxygen atoms in total. The Morgan fingerprint density at radius 3 is 2.11 bits per heavy atom. The van der Waals surface area contributed by atoms with Gasteiger partial charge in [0.15, 0.2) is 8.32 Å². The van der Waals surface area contributed by atoms with Crippen molar-refractivity contribution in [1.82, 2.24) is 0 Å². The quantitative estimate of drug-likeness (QED) is 0.560. The smallest absolute Gasteiger partial charge is 0.192 e. The lowest BCUT2D eigenvalue weighted by molar-refractivity contribution is -0.0727. The molecule has 0 aliphatic carbocycles. The minimum Gasteiger partial charge on any atom is -0.411 e. The van der Waals surface area contributed by atoms with E-state index < -0.39 is 22.5 Å². The molecule has 1 N–H and O–H groups in total. The van der Waals surface area contributed by atoms with Crippen LogP contribution in [0.2, 0.25) is 37.8 Å². The van der Waals surface area contributed by atoms with Gasteiger partial charge in [0.25, 0.3) is 0 Å². The van der Waals surface area contributed by atoms with Gasteiger partial charge in [-0.3, -0.25) is 0 Å². The molecule has 2 saturated heterocycles. The first-order chi connectivity index (χ1) is 12.7. The van der Waals surface area contributed by atoms with Crippen LogP contribution >= 0.6 is 0 Å². The van der Waals surface area contributed by atoms with Gasteiger partial charge in [-0.1, -0.05) is 59.1 Å². The van der Waals surface area contributed by atoms with Crippen LogP contribution in [0.15, 0.2) is 11.8 Å². The average Bonchev–Trinajstić information content (AvgIpc) is 3.08. The highest BCUT2D eigenvalue weighted by molar-refractivity contribution is 6.80. The SMILES string of the molecule is CC[C@H]1O[C@@H]([C@@H]2C[C@H](O)[C@H](C/C=C\[Si](C)(C)C)O2)C[C@H]1O[Si](C)(C)C(C)(C)C. The van der Waals surface area contributed by atoms with Gasteiger partial charge in [-0.05, 0) is 31.0 Å². The lowest BCUT2D eigenvalue weighted by Gasteiger charge is -2.39. The maximum Gasteiger partial charge on any atom is 0.192 e. The molecule has 0 radical (unpaired) electrons. The molecule has 0 spiro atoms. The minimum atomic E-state index is -1.84. The molecule has 0 saturated carbocycles. The monoisotopic (exact) mass is 428 g/mol. The summed E-state index contributed by atoms with van der Waals surface area (Å²) in [4.78, 5) is 0. The molecular weight excluding hydrogens is 384 g/mol. The number of rotatable bonds is 7. The van der Waals surface area contributed by atoms with Gasteiger partial charge in [0, 0.05) is 12.8 Å². The Kier molecular flexibility index (Phi) is 7.82. The molecule has 164 valence electrons. The summed E-state index contributed by atoms with van der Waals surface area (Å²) in [5.74, 6) is 0. The van der Waals surface area contributed by atoms with Crippen LogP contribution in [0.25, 0.3) is 0 Å². The highest BCUT2D eigenvalue weighted by Gasteiger charge is 2.48. The topological polar surface area (TPSA) is 47.9 Å². The van der Waals surface area contributed by atoms with Gasteiger partial charge in [0.1, 0.15) is 0 Å². The van der Waals surface area contributed by atoms with Crippen molar-refractivity contribution in [3.05, 3.63) is 11.8 Å². The zero-order valence-corrected chi connectivity index (χ0v) is 21.6. The van der Waals surface area contributed by atoms with E-state index in [2.05, 4.69) is 72.2 Å². The molecule has 6 heteroatoms. The van der Waals surface area contributed by atoms with Crippen molar-refractivity contribution in [2.45, 2.75) is 128 Å². The Morgan fingerprint density at radius 2 is 1.57 bits per heavy atom. The summed E-state index contributed by atoms with van der Waals surface area (Å²) < 4.78 is 19.3. The maximum absolute atomic E-state index is 10.5. The van der Waals surface area contributed by atoms with Crippen molar-refractivity contribution in [2.75, 3.05) is 0 Å². The van der Waals surface area contributed by atoms with E-state index in [1.54, 1.807) is 0 Å². The highest BCUT2D eigenvalue weighted by Crippen LogP contribution is 2.41. The van der Waals surface area contributed by atoms with E-state index in [-0.39, 0.29) is 35.6 Å². The van der Waals surface area contributed by atoms with Gasteiger partial charge in [0.2, 0.25) is 0 Å². The Morgan fingerprint density at radius 1 is 1.00 bits per heavy atom. The zero-order chi connectivity index (χ0) is 21.3. The molecule has 2 aliphatic heterocycles. The Balaban J connectivity index is 1.96. The number of aliphatic hydroxyl groups is 1. The minimum absolute atomic E-state index is 0.0256. The van der Waals surface area contributed by atoms with E-state index in [1.165, 1.54) is 0 Å². The maximum atomic E-state index is 10.5. The number of hydrogen-bond donors (Lipinski definition) is 1. The first kappa shape index (κ1) is 24.3. The van der Waals surface area contributed by atoms with E-state index in [0.717, 1.165) is 19.3 Å². The second-order valence-corrected chi connectivity index (χ2v) is 21.1. The van der Waals surface area contributed by atoms with E-state index in [4.69, 9.17) is 13.9 Å². The number of hydrogen-bond acceptors (Lipinski definition) is 4. The molecule has 0 aromatic carbocycles. The molecule has 0 amide bonds. The standard InChI is InChI=1S/C22H44O4Si2/c1-10-17-21(26-28(8,9)22(2,3)4)15-20(24-17)19-14-16(23)18(25-19)12-11-13-27(5,6)7/h11,13,16-21,23H,10,12,14-15H2,1-9H3/b13-11-/t16-,17+,18-,19-,20+,21+/m0/s1. The molecular formula is C22H44O4Si2. The van der Waals surface area contributed by atoms with E-state index >= 15 is 0 Å². The molecule has 2 rings (SSSR count). The molecule has 28 heavy (non-hydrogen) atoms. The molecule has 2 heterocycles. The Hall–Kier alpha value is 0.0138. The highest BCUT2D eigenvalue weighted by atomic mass is 28.4. The Bertz CT molecular complexity index is 536. The van der Waals surface area contributed by atoms with E-state index in [0.29, 0.717) is 6.42 Å². The van der Waals surface area contributed by atoms with Gasteiger partial charge in [-0.2, -0.15) is 0 Å². The van der Waals surface area contributed by atoms with Gasteiger partial charge in [0.05, 0.1) is 44.7 Å².